The predicted molar refractivity (Wildman–Crippen MR) is 116 cm³/mol. The Balaban J connectivity index is 1.32. The molecule has 6 nitrogen and oxygen atoms in total. The molecule has 0 saturated carbocycles. The van der Waals surface area contributed by atoms with E-state index in [9.17, 15) is 4.79 Å². The molecule has 3 heterocycles. The van der Waals surface area contributed by atoms with Crippen LogP contribution in [0.15, 0.2) is 42.5 Å². The highest BCUT2D eigenvalue weighted by Gasteiger charge is 2.25. The second kappa shape index (κ2) is 8.80. The number of anilines is 1. The lowest BCUT2D eigenvalue weighted by Crippen LogP contribution is -2.37. The molecule has 1 aromatic carbocycles. The van der Waals surface area contributed by atoms with E-state index in [0.717, 1.165) is 65.1 Å². The number of piperidine rings is 1. The summed E-state index contributed by atoms with van der Waals surface area (Å²) in [6.07, 6.45) is 1.74. The van der Waals surface area contributed by atoms with E-state index < -0.39 is 0 Å². The quantitative estimate of drug-likeness (QED) is 0.690. The Kier molecular flexibility index (Phi) is 5.97. The highest BCUT2D eigenvalue weighted by molar-refractivity contribution is 7.14. The van der Waals surface area contributed by atoms with Gasteiger partial charge in [-0.1, -0.05) is 29.5 Å². The number of aromatic nitrogens is 3. The largest absolute Gasteiger partial charge is 0.326 e. The zero-order valence-electron chi connectivity index (χ0n) is 16.8. The summed E-state index contributed by atoms with van der Waals surface area (Å²) in [4.78, 5) is 19.7. The minimum Gasteiger partial charge on any atom is -0.326 e. The number of rotatable bonds is 5. The van der Waals surface area contributed by atoms with Crippen molar-refractivity contribution in [1.29, 1.82) is 0 Å². The van der Waals surface area contributed by atoms with E-state index in [1.807, 2.05) is 44.2 Å². The van der Waals surface area contributed by atoms with Crippen LogP contribution in [0.3, 0.4) is 0 Å². The number of amides is 1. The molecule has 29 heavy (non-hydrogen) atoms. The molecule has 3 aromatic rings. The summed E-state index contributed by atoms with van der Waals surface area (Å²) in [5, 5.41) is 13.2. The number of hydrogen-bond donors (Lipinski definition) is 1. The number of carbonyl (C=O) groups is 1. The molecule has 0 spiro atoms. The Morgan fingerprint density at radius 2 is 1.93 bits per heavy atom. The Morgan fingerprint density at radius 1 is 1.14 bits per heavy atom. The molecule has 1 fully saturated rings. The lowest BCUT2D eigenvalue weighted by atomic mass is 9.95. The maximum Gasteiger partial charge on any atom is 0.227 e. The molecule has 0 atom stereocenters. The summed E-state index contributed by atoms with van der Waals surface area (Å²) in [7, 11) is 0. The number of hydrogen-bond acceptors (Lipinski definition) is 6. The van der Waals surface area contributed by atoms with Gasteiger partial charge in [-0.3, -0.25) is 14.7 Å². The van der Waals surface area contributed by atoms with Gasteiger partial charge in [-0.2, -0.15) is 0 Å². The van der Waals surface area contributed by atoms with Crippen LogP contribution in [0.5, 0.6) is 0 Å². The van der Waals surface area contributed by atoms with E-state index in [1.165, 1.54) is 0 Å². The van der Waals surface area contributed by atoms with Crippen LogP contribution >= 0.6 is 11.3 Å². The average Bonchev–Trinajstić information content (AvgIpc) is 3.15. The summed E-state index contributed by atoms with van der Waals surface area (Å²) in [5.41, 5.74) is 3.93. The van der Waals surface area contributed by atoms with Gasteiger partial charge in [0.05, 0.1) is 5.69 Å². The van der Waals surface area contributed by atoms with Crippen molar-refractivity contribution in [2.24, 2.45) is 5.92 Å². The molecular weight excluding hydrogens is 382 g/mol. The fourth-order valence-electron chi connectivity index (χ4n) is 3.66. The summed E-state index contributed by atoms with van der Waals surface area (Å²) >= 11 is 1.55. The van der Waals surface area contributed by atoms with Crippen molar-refractivity contribution in [1.82, 2.24) is 20.1 Å². The fourth-order valence-corrected chi connectivity index (χ4v) is 4.35. The topological polar surface area (TPSA) is 71.0 Å². The van der Waals surface area contributed by atoms with E-state index in [2.05, 4.69) is 37.5 Å². The van der Waals surface area contributed by atoms with E-state index in [0.29, 0.717) is 0 Å². The zero-order valence-corrected chi connectivity index (χ0v) is 17.6. The molecule has 2 aromatic heterocycles. The van der Waals surface area contributed by atoms with E-state index >= 15 is 0 Å². The van der Waals surface area contributed by atoms with Crippen LogP contribution in [-0.2, 0) is 11.3 Å². The van der Waals surface area contributed by atoms with Crippen LogP contribution in [0.25, 0.3) is 10.6 Å². The third kappa shape index (κ3) is 5.05. The van der Waals surface area contributed by atoms with Gasteiger partial charge in [0.15, 0.2) is 0 Å². The number of likely N-dealkylation sites (tertiary alicyclic amines) is 1. The first kappa shape index (κ1) is 19.7. The Bertz CT molecular complexity index is 994. The van der Waals surface area contributed by atoms with Crippen molar-refractivity contribution < 1.29 is 4.79 Å². The van der Waals surface area contributed by atoms with Gasteiger partial charge in [0.1, 0.15) is 10.0 Å². The molecule has 1 aliphatic rings. The Labute approximate surface area is 175 Å². The van der Waals surface area contributed by atoms with Gasteiger partial charge in [-0.15, -0.1) is 10.2 Å². The summed E-state index contributed by atoms with van der Waals surface area (Å²) in [5.74, 6) is 0.146. The molecule has 0 aliphatic carbocycles. The van der Waals surface area contributed by atoms with Crippen LogP contribution in [0.2, 0.25) is 0 Å². The molecule has 0 radical (unpaired) electrons. The molecule has 0 bridgehead atoms. The number of benzene rings is 1. The van der Waals surface area contributed by atoms with E-state index in [1.54, 1.807) is 11.3 Å². The van der Waals surface area contributed by atoms with Gasteiger partial charge in [-0.05, 0) is 64.0 Å². The Hall–Kier alpha value is -2.64. The zero-order chi connectivity index (χ0) is 20.2. The van der Waals surface area contributed by atoms with Crippen LogP contribution < -0.4 is 5.32 Å². The molecule has 1 amide bonds. The first-order chi connectivity index (χ1) is 14.1. The fraction of sp³-hybridized carbons (Fsp3) is 0.364. The van der Waals surface area contributed by atoms with E-state index in [-0.39, 0.29) is 11.8 Å². The third-order valence-electron chi connectivity index (χ3n) is 5.19. The third-order valence-corrected chi connectivity index (χ3v) is 6.08. The minimum atomic E-state index is 0.0455. The van der Waals surface area contributed by atoms with Crippen molar-refractivity contribution in [3.8, 4) is 10.6 Å². The van der Waals surface area contributed by atoms with Crippen LogP contribution in [0, 0.1) is 19.8 Å². The van der Waals surface area contributed by atoms with Gasteiger partial charge in [0.2, 0.25) is 5.91 Å². The molecule has 1 aliphatic heterocycles. The highest BCUT2D eigenvalue weighted by atomic mass is 32.1. The molecule has 150 valence electrons. The van der Waals surface area contributed by atoms with Gasteiger partial charge >= 0.3 is 0 Å². The summed E-state index contributed by atoms with van der Waals surface area (Å²) in [6.45, 7) is 6.63. The van der Waals surface area contributed by atoms with Gasteiger partial charge < -0.3 is 5.32 Å². The number of pyridine rings is 1. The Morgan fingerprint density at radius 3 is 2.66 bits per heavy atom. The summed E-state index contributed by atoms with van der Waals surface area (Å²) in [6, 6.07) is 14.0. The lowest BCUT2D eigenvalue weighted by molar-refractivity contribution is -0.121. The normalized spacial score (nSPS) is 15.4. The first-order valence-electron chi connectivity index (χ1n) is 9.93. The van der Waals surface area contributed by atoms with Crippen molar-refractivity contribution in [2.45, 2.75) is 33.2 Å². The molecular formula is C22H25N5OS. The van der Waals surface area contributed by atoms with Gasteiger partial charge in [0, 0.05) is 29.4 Å². The van der Waals surface area contributed by atoms with Crippen LogP contribution in [-0.4, -0.2) is 39.1 Å². The second-order valence-electron chi connectivity index (χ2n) is 7.52. The molecule has 1 saturated heterocycles. The standard InChI is InChI=1S/C22H25N5OS/c1-15-5-3-8-20(23-15)14-27-11-9-17(10-12-27)21(28)24-19-7-4-6-18(13-19)22-26-25-16(2)29-22/h3-8,13,17H,9-12,14H2,1-2H3,(H,24,28). The van der Waals surface area contributed by atoms with Crippen LogP contribution in [0.1, 0.15) is 29.2 Å². The average molecular weight is 408 g/mol. The minimum absolute atomic E-state index is 0.0455. The highest BCUT2D eigenvalue weighted by Crippen LogP contribution is 2.26. The molecule has 7 heteroatoms. The van der Waals surface area contributed by atoms with Crippen molar-refractivity contribution >= 4 is 22.9 Å². The lowest BCUT2D eigenvalue weighted by Gasteiger charge is -2.31. The maximum absolute atomic E-state index is 12.8. The summed E-state index contributed by atoms with van der Waals surface area (Å²) < 4.78 is 0. The van der Waals surface area contributed by atoms with E-state index in [4.69, 9.17) is 0 Å². The van der Waals surface area contributed by atoms with Gasteiger partial charge in [-0.25, -0.2) is 0 Å². The molecule has 1 N–H and O–H groups in total. The number of nitrogens with zero attached hydrogens (tertiary/aromatic N) is 4. The second-order valence-corrected chi connectivity index (χ2v) is 8.70. The van der Waals surface area contributed by atoms with Crippen molar-refractivity contribution in [3.63, 3.8) is 0 Å². The molecule has 0 unspecified atom stereocenters. The van der Waals surface area contributed by atoms with Crippen molar-refractivity contribution in [3.05, 3.63) is 58.9 Å². The number of aryl methyl sites for hydroxylation is 2. The smallest absolute Gasteiger partial charge is 0.227 e. The van der Waals surface area contributed by atoms with Crippen molar-refractivity contribution in [2.75, 3.05) is 18.4 Å². The first-order valence-corrected chi connectivity index (χ1v) is 10.7. The predicted octanol–water partition coefficient (Wildman–Crippen LogP) is 4.07. The van der Waals surface area contributed by atoms with Gasteiger partial charge in [0.25, 0.3) is 0 Å². The monoisotopic (exact) mass is 407 g/mol. The number of carbonyl (C=O) groups excluding carboxylic acids is 1. The maximum atomic E-state index is 12.8. The SMILES string of the molecule is Cc1cccc(CN2CCC(C(=O)Nc3cccc(-c4nnc(C)s4)c3)CC2)n1. The van der Waals surface area contributed by atoms with Crippen LogP contribution in [0.4, 0.5) is 5.69 Å². The number of nitrogens with one attached hydrogen (secondary N) is 1. The molecule has 4 rings (SSSR count).